The average molecular weight is 348 g/mol. The lowest BCUT2D eigenvalue weighted by atomic mass is 10.0. The first-order valence-electron chi connectivity index (χ1n) is 9.20. The molecule has 0 radical (unpaired) electrons. The number of benzene rings is 3. The van der Waals surface area contributed by atoms with Gasteiger partial charge in [0.2, 0.25) is 0 Å². The van der Waals surface area contributed by atoms with Crippen LogP contribution in [0.15, 0.2) is 96.3 Å². The van der Waals surface area contributed by atoms with Gasteiger partial charge in [0, 0.05) is 17.8 Å². The molecule has 0 fully saturated rings. The highest BCUT2D eigenvalue weighted by atomic mass is 15.5. The first-order chi connectivity index (χ1) is 13.2. The van der Waals surface area contributed by atoms with Gasteiger partial charge in [0.25, 0.3) is 0 Å². The summed E-state index contributed by atoms with van der Waals surface area (Å²) in [5.74, 6) is 0. The predicted octanol–water partition coefficient (Wildman–Crippen LogP) is 6.19. The molecule has 0 bridgehead atoms. The molecule has 1 heterocycles. The number of nitrogens with zero attached hydrogens (tertiary/aromatic N) is 2. The summed E-state index contributed by atoms with van der Waals surface area (Å²) in [4.78, 5) is 0. The lowest BCUT2D eigenvalue weighted by Crippen LogP contribution is -2.23. The van der Waals surface area contributed by atoms with Gasteiger partial charge < -0.3 is 0 Å². The largest absolute Gasteiger partial charge is 0.284 e. The van der Waals surface area contributed by atoms with E-state index in [0.29, 0.717) is 0 Å². The molecule has 27 heavy (non-hydrogen) atoms. The van der Waals surface area contributed by atoms with Gasteiger partial charge in [-0.25, -0.2) is 0 Å². The summed E-state index contributed by atoms with van der Waals surface area (Å²) in [5.41, 5.74) is 10.5. The minimum absolute atomic E-state index is 1.16. The topological polar surface area (TPSA) is 8.17 Å². The van der Waals surface area contributed by atoms with Crippen molar-refractivity contribution in [1.29, 1.82) is 0 Å². The van der Waals surface area contributed by atoms with Crippen LogP contribution in [0, 0.1) is 0 Å². The molecule has 0 unspecified atom stereocenters. The van der Waals surface area contributed by atoms with Gasteiger partial charge in [0.05, 0.1) is 16.7 Å². The van der Waals surface area contributed by atoms with Crippen LogP contribution in [-0.2, 0) is 0 Å². The molecule has 0 saturated heterocycles. The second-order valence-corrected chi connectivity index (χ2v) is 6.97. The molecule has 1 aliphatic rings. The molecule has 4 aromatic rings. The SMILES string of the molecule is CC1=C(c2ccc3c(c2)c2ccccc2n3N(C)c2ccccc2)C=C=C1. The normalized spacial score (nSPS) is 13.3. The Morgan fingerprint density at radius 3 is 2.30 bits per heavy atom. The molecule has 0 amide bonds. The Labute approximate surface area is 158 Å². The van der Waals surface area contributed by atoms with E-state index in [1.54, 1.807) is 0 Å². The number of para-hydroxylation sites is 2. The Morgan fingerprint density at radius 2 is 1.52 bits per heavy atom. The Kier molecular flexibility index (Phi) is 3.53. The average Bonchev–Trinajstić information content (AvgIpc) is 3.29. The van der Waals surface area contributed by atoms with E-state index in [9.17, 15) is 0 Å². The van der Waals surface area contributed by atoms with Gasteiger partial charge in [0.15, 0.2) is 0 Å². The molecule has 130 valence electrons. The van der Waals surface area contributed by atoms with Gasteiger partial charge in [-0.2, -0.15) is 0 Å². The molecular weight excluding hydrogens is 328 g/mol. The molecule has 5 rings (SSSR count). The van der Waals surface area contributed by atoms with Crippen LogP contribution < -0.4 is 5.01 Å². The van der Waals surface area contributed by atoms with E-state index in [-0.39, 0.29) is 0 Å². The lowest BCUT2D eigenvalue weighted by molar-refractivity contribution is 0.837. The summed E-state index contributed by atoms with van der Waals surface area (Å²) in [6.07, 6.45) is 4.12. The lowest BCUT2D eigenvalue weighted by Gasteiger charge is -2.23. The number of allylic oxidation sites excluding steroid dienone is 3. The molecule has 0 saturated carbocycles. The smallest absolute Gasteiger partial charge is 0.0712 e. The number of aromatic nitrogens is 1. The van der Waals surface area contributed by atoms with Crippen LogP contribution >= 0.6 is 0 Å². The number of fused-ring (bicyclic) bond motifs is 3. The second kappa shape index (κ2) is 6.05. The van der Waals surface area contributed by atoms with Crippen LogP contribution in [0.4, 0.5) is 5.69 Å². The fraction of sp³-hybridized carbons (Fsp3) is 0.0800. The maximum atomic E-state index is 3.21. The minimum atomic E-state index is 1.16. The summed E-state index contributed by atoms with van der Waals surface area (Å²) < 4.78 is 2.30. The van der Waals surface area contributed by atoms with E-state index in [1.165, 1.54) is 38.5 Å². The van der Waals surface area contributed by atoms with Gasteiger partial charge in [-0.1, -0.05) is 42.5 Å². The van der Waals surface area contributed by atoms with Crippen molar-refractivity contribution in [2.45, 2.75) is 6.92 Å². The maximum Gasteiger partial charge on any atom is 0.0712 e. The Bertz CT molecular complexity index is 1270. The second-order valence-electron chi connectivity index (χ2n) is 6.97. The van der Waals surface area contributed by atoms with Crippen molar-refractivity contribution in [2.24, 2.45) is 0 Å². The van der Waals surface area contributed by atoms with E-state index in [0.717, 1.165) is 5.69 Å². The van der Waals surface area contributed by atoms with Crippen LogP contribution in [0.1, 0.15) is 12.5 Å². The minimum Gasteiger partial charge on any atom is -0.284 e. The van der Waals surface area contributed by atoms with E-state index in [2.05, 4.69) is 108 Å². The third kappa shape index (κ3) is 2.43. The number of anilines is 1. The van der Waals surface area contributed by atoms with E-state index in [4.69, 9.17) is 0 Å². The van der Waals surface area contributed by atoms with Crippen molar-refractivity contribution in [2.75, 3.05) is 12.1 Å². The summed E-state index contributed by atoms with van der Waals surface area (Å²) in [6.45, 7) is 2.14. The monoisotopic (exact) mass is 348 g/mol. The van der Waals surface area contributed by atoms with Crippen molar-refractivity contribution in [3.05, 3.63) is 102 Å². The fourth-order valence-corrected chi connectivity index (χ4v) is 3.95. The van der Waals surface area contributed by atoms with E-state index < -0.39 is 0 Å². The standard InChI is InChI=1S/C25H20N2/c1-18-9-8-13-21(18)19-15-16-25-23(17-19)22-12-6-7-14-24(22)27(25)26(2)20-10-4-3-5-11-20/h3-7,9-17H,1-2H3. The van der Waals surface area contributed by atoms with Crippen LogP contribution in [0.25, 0.3) is 27.4 Å². The molecule has 2 heteroatoms. The number of rotatable bonds is 3. The zero-order valence-electron chi connectivity index (χ0n) is 15.5. The highest BCUT2D eigenvalue weighted by molar-refractivity contribution is 6.09. The molecule has 1 aromatic heterocycles. The van der Waals surface area contributed by atoms with Crippen LogP contribution in [0.3, 0.4) is 0 Å². The van der Waals surface area contributed by atoms with E-state index in [1.807, 2.05) is 6.08 Å². The van der Waals surface area contributed by atoms with Crippen LogP contribution in [0.5, 0.6) is 0 Å². The molecule has 3 aromatic carbocycles. The number of hydrogen-bond donors (Lipinski definition) is 0. The summed E-state index contributed by atoms with van der Waals surface area (Å²) >= 11 is 0. The summed E-state index contributed by atoms with van der Waals surface area (Å²) in [6, 6.07) is 25.9. The van der Waals surface area contributed by atoms with E-state index >= 15 is 0 Å². The molecule has 0 N–H and O–H groups in total. The third-order valence-corrected chi connectivity index (χ3v) is 5.34. The van der Waals surface area contributed by atoms with Crippen LogP contribution in [0.2, 0.25) is 0 Å². The highest BCUT2D eigenvalue weighted by Crippen LogP contribution is 2.34. The summed E-state index contributed by atoms with van der Waals surface area (Å²) in [5, 5.41) is 4.75. The van der Waals surface area contributed by atoms with Crippen molar-refractivity contribution in [3.63, 3.8) is 0 Å². The molecule has 0 spiro atoms. The van der Waals surface area contributed by atoms with Gasteiger partial charge in [-0.15, -0.1) is 5.73 Å². The van der Waals surface area contributed by atoms with Gasteiger partial charge in [0.1, 0.15) is 0 Å². The van der Waals surface area contributed by atoms with Gasteiger partial charge in [-0.05, 0) is 66.1 Å². The zero-order valence-corrected chi connectivity index (χ0v) is 15.5. The van der Waals surface area contributed by atoms with Crippen molar-refractivity contribution < 1.29 is 0 Å². The zero-order chi connectivity index (χ0) is 18.4. The first-order valence-corrected chi connectivity index (χ1v) is 9.20. The fourth-order valence-electron chi connectivity index (χ4n) is 3.95. The molecular formula is C25H20N2. The Balaban J connectivity index is 1.78. The van der Waals surface area contributed by atoms with Gasteiger partial charge >= 0.3 is 0 Å². The van der Waals surface area contributed by atoms with Gasteiger partial charge in [-0.3, -0.25) is 9.69 Å². The molecule has 0 atom stereocenters. The number of hydrogen-bond acceptors (Lipinski definition) is 1. The Morgan fingerprint density at radius 1 is 0.778 bits per heavy atom. The summed E-state index contributed by atoms with van der Waals surface area (Å²) in [7, 11) is 2.12. The van der Waals surface area contributed by atoms with Crippen molar-refractivity contribution in [1.82, 2.24) is 4.68 Å². The molecule has 0 aliphatic heterocycles. The van der Waals surface area contributed by atoms with Crippen LogP contribution in [-0.4, -0.2) is 11.7 Å². The molecule has 2 nitrogen and oxygen atoms in total. The maximum absolute atomic E-state index is 3.21. The molecule has 1 aliphatic carbocycles. The Hall–Kier alpha value is -3.48. The van der Waals surface area contributed by atoms with Crippen molar-refractivity contribution in [3.8, 4) is 0 Å². The third-order valence-electron chi connectivity index (χ3n) is 5.34. The first kappa shape index (κ1) is 15.7. The quantitative estimate of drug-likeness (QED) is 0.401. The van der Waals surface area contributed by atoms with Crippen molar-refractivity contribution >= 4 is 33.1 Å². The highest BCUT2D eigenvalue weighted by Gasteiger charge is 2.16. The predicted molar refractivity (Wildman–Crippen MR) is 115 cm³/mol.